The molecule has 40 heavy (non-hydrogen) atoms. The summed E-state index contributed by atoms with van der Waals surface area (Å²) in [5.41, 5.74) is 6.17. The van der Waals surface area contributed by atoms with Gasteiger partial charge in [0.1, 0.15) is 5.75 Å². The SMILES string of the molecule is CCCCCCCCCCCCOc1c(CC(=O)Nc2cccc(C[n+]3csc(C)c3)c2)cccc1C(C)(C)C. The number of anilines is 1. The third kappa shape index (κ3) is 11.1. The van der Waals surface area contributed by atoms with Crippen LogP contribution in [0.4, 0.5) is 5.69 Å². The van der Waals surface area contributed by atoms with Crippen LogP contribution < -0.4 is 14.6 Å². The van der Waals surface area contributed by atoms with E-state index in [4.69, 9.17) is 4.74 Å². The van der Waals surface area contributed by atoms with Crippen LogP contribution in [0.5, 0.6) is 5.75 Å². The van der Waals surface area contributed by atoms with E-state index < -0.39 is 0 Å². The first-order valence-electron chi connectivity index (χ1n) is 15.3. The Kier molecular flexibility index (Phi) is 13.2. The number of benzene rings is 2. The molecule has 1 N–H and O–H groups in total. The van der Waals surface area contributed by atoms with Crippen LogP contribution in [0.25, 0.3) is 0 Å². The Morgan fingerprint density at radius 1 is 0.925 bits per heavy atom. The van der Waals surface area contributed by atoms with Crippen LogP contribution in [0.1, 0.15) is 113 Å². The fourth-order valence-corrected chi connectivity index (χ4v) is 5.75. The lowest BCUT2D eigenvalue weighted by Crippen LogP contribution is -2.30. The molecule has 0 bridgehead atoms. The van der Waals surface area contributed by atoms with Crippen LogP contribution in [-0.2, 0) is 23.2 Å². The summed E-state index contributed by atoms with van der Waals surface area (Å²) >= 11 is 1.74. The van der Waals surface area contributed by atoms with Gasteiger partial charge in [-0.05, 0) is 36.5 Å². The third-order valence-electron chi connectivity index (χ3n) is 7.30. The summed E-state index contributed by atoms with van der Waals surface area (Å²) in [4.78, 5) is 14.4. The third-order valence-corrected chi connectivity index (χ3v) is 8.15. The molecule has 0 unspecified atom stereocenters. The molecule has 0 saturated carbocycles. The van der Waals surface area contributed by atoms with Gasteiger partial charge in [-0.1, -0.05) is 127 Å². The lowest BCUT2D eigenvalue weighted by Gasteiger charge is -2.25. The standard InChI is InChI=1S/C35H50N2O2S/c1-6-7-8-9-10-11-12-13-14-15-22-39-34-30(19-17-21-32(34)35(3,4)5)24-33(38)36-31-20-16-18-29(23-31)26-37-25-28(2)40-27-37/h16-21,23,25,27H,6-15,22,24,26H2,1-5H3/p+1. The van der Waals surface area contributed by atoms with E-state index in [1.807, 2.05) is 18.2 Å². The lowest BCUT2D eigenvalue weighted by molar-refractivity contribution is -0.683. The zero-order valence-electron chi connectivity index (χ0n) is 25.6. The molecule has 3 aromatic rings. The lowest BCUT2D eigenvalue weighted by atomic mass is 9.84. The molecular weight excluding hydrogens is 512 g/mol. The molecule has 1 aromatic heterocycles. The number of nitrogens with zero attached hydrogens (tertiary/aromatic N) is 1. The maximum Gasteiger partial charge on any atom is 0.228 e. The average Bonchev–Trinajstić information content (AvgIpc) is 3.31. The number of nitrogens with one attached hydrogen (secondary N) is 1. The molecule has 1 amide bonds. The molecule has 0 aliphatic carbocycles. The summed E-state index contributed by atoms with van der Waals surface area (Å²) in [6, 6.07) is 14.4. The van der Waals surface area contributed by atoms with Crippen LogP contribution in [0, 0.1) is 6.92 Å². The quantitative estimate of drug-likeness (QED) is 0.131. The van der Waals surface area contributed by atoms with Gasteiger partial charge >= 0.3 is 0 Å². The molecular formula is C35H51N2O2S+. The number of aromatic nitrogens is 1. The monoisotopic (exact) mass is 563 g/mol. The van der Waals surface area contributed by atoms with Crippen molar-refractivity contribution in [1.82, 2.24) is 0 Å². The molecule has 0 spiro atoms. The molecule has 1 heterocycles. The van der Waals surface area contributed by atoms with Crippen LogP contribution >= 0.6 is 11.3 Å². The van der Waals surface area contributed by atoms with Crippen molar-refractivity contribution in [2.45, 2.75) is 117 Å². The highest BCUT2D eigenvalue weighted by molar-refractivity contribution is 7.09. The van der Waals surface area contributed by atoms with Crippen LogP contribution in [0.3, 0.4) is 0 Å². The second-order valence-corrected chi connectivity index (χ2v) is 13.2. The molecule has 0 radical (unpaired) electrons. The summed E-state index contributed by atoms with van der Waals surface area (Å²) in [5.74, 6) is 0.866. The van der Waals surface area contributed by atoms with Gasteiger partial charge in [-0.15, -0.1) is 0 Å². The van der Waals surface area contributed by atoms with E-state index >= 15 is 0 Å². The second kappa shape index (κ2) is 16.6. The number of hydrogen-bond acceptors (Lipinski definition) is 3. The summed E-state index contributed by atoms with van der Waals surface area (Å²) in [7, 11) is 0. The van der Waals surface area contributed by atoms with Crippen molar-refractivity contribution >= 4 is 22.9 Å². The fraction of sp³-hybridized carbons (Fsp3) is 0.543. The number of thiazole rings is 1. The first kappa shape index (κ1) is 31.9. The van der Waals surface area contributed by atoms with Crippen molar-refractivity contribution in [2.24, 2.45) is 0 Å². The first-order chi connectivity index (χ1) is 19.3. The maximum absolute atomic E-state index is 13.2. The number of para-hydroxylation sites is 1. The Morgan fingerprint density at radius 2 is 1.60 bits per heavy atom. The van der Waals surface area contributed by atoms with Crippen LogP contribution in [0.2, 0.25) is 0 Å². The first-order valence-corrected chi connectivity index (χ1v) is 16.2. The number of rotatable bonds is 17. The topological polar surface area (TPSA) is 42.2 Å². The molecule has 218 valence electrons. The summed E-state index contributed by atoms with van der Waals surface area (Å²) in [6.45, 7) is 12.5. The van der Waals surface area contributed by atoms with Crippen molar-refractivity contribution in [3.63, 3.8) is 0 Å². The zero-order chi connectivity index (χ0) is 28.8. The Hall–Kier alpha value is -2.66. The second-order valence-electron chi connectivity index (χ2n) is 12.1. The van der Waals surface area contributed by atoms with E-state index in [2.05, 4.69) is 80.5 Å². The van der Waals surface area contributed by atoms with Crippen LogP contribution in [0.15, 0.2) is 54.2 Å². The van der Waals surface area contributed by atoms with E-state index in [0.717, 1.165) is 41.1 Å². The van der Waals surface area contributed by atoms with Gasteiger partial charge in [-0.2, -0.15) is 4.57 Å². The van der Waals surface area contributed by atoms with Gasteiger partial charge in [0, 0.05) is 16.8 Å². The van der Waals surface area contributed by atoms with Gasteiger partial charge in [0.2, 0.25) is 11.4 Å². The predicted molar refractivity (Wildman–Crippen MR) is 170 cm³/mol. The minimum absolute atomic E-state index is 0.0222. The van der Waals surface area contributed by atoms with Crippen LogP contribution in [-0.4, -0.2) is 12.5 Å². The average molecular weight is 564 g/mol. The van der Waals surface area contributed by atoms with Gasteiger partial charge in [-0.25, -0.2) is 0 Å². The van der Waals surface area contributed by atoms with Crippen molar-refractivity contribution in [3.8, 4) is 5.75 Å². The Balaban J connectivity index is 1.54. The molecule has 3 rings (SSSR count). The van der Waals surface area contributed by atoms with E-state index in [-0.39, 0.29) is 11.3 Å². The van der Waals surface area contributed by atoms with Gasteiger partial charge in [0.15, 0.2) is 12.7 Å². The highest BCUT2D eigenvalue weighted by Gasteiger charge is 2.22. The van der Waals surface area contributed by atoms with E-state index in [0.29, 0.717) is 13.0 Å². The summed E-state index contributed by atoms with van der Waals surface area (Å²) < 4.78 is 8.60. The molecule has 0 fully saturated rings. The minimum Gasteiger partial charge on any atom is -0.493 e. The predicted octanol–water partition coefficient (Wildman–Crippen LogP) is 9.17. The Bertz CT molecular complexity index is 1180. The normalized spacial score (nSPS) is 11.5. The highest BCUT2D eigenvalue weighted by Crippen LogP contribution is 2.35. The van der Waals surface area contributed by atoms with Gasteiger partial charge < -0.3 is 10.1 Å². The number of unbranched alkanes of at least 4 members (excludes halogenated alkanes) is 9. The fourth-order valence-electron chi connectivity index (χ4n) is 5.11. The molecule has 0 aliphatic heterocycles. The summed E-state index contributed by atoms with van der Waals surface area (Å²) in [6.07, 6.45) is 15.5. The smallest absolute Gasteiger partial charge is 0.228 e. The van der Waals surface area contributed by atoms with Crippen molar-refractivity contribution in [2.75, 3.05) is 11.9 Å². The van der Waals surface area contributed by atoms with Crippen molar-refractivity contribution in [3.05, 3.63) is 75.7 Å². The van der Waals surface area contributed by atoms with Gasteiger partial charge in [0.05, 0.1) is 17.9 Å². The Morgan fingerprint density at radius 3 is 2.25 bits per heavy atom. The Labute approximate surface area is 247 Å². The van der Waals surface area contributed by atoms with E-state index in [1.165, 1.54) is 62.7 Å². The van der Waals surface area contributed by atoms with Gasteiger partial charge in [0.25, 0.3) is 0 Å². The van der Waals surface area contributed by atoms with Gasteiger partial charge in [-0.3, -0.25) is 4.79 Å². The highest BCUT2D eigenvalue weighted by atomic mass is 32.1. The number of carbonyl (C=O) groups excluding carboxylic acids is 1. The van der Waals surface area contributed by atoms with E-state index in [9.17, 15) is 4.79 Å². The number of carbonyl (C=O) groups is 1. The molecule has 2 aromatic carbocycles. The molecule has 5 heteroatoms. The summed E-state index contributed by atoms with van der Waals surface area (Å²) in [5, 5.41) is 3.12. The van der Waals surface area contributed by atoms with Crippen molar-refractivity contribution in [1.29, 1.82) is 0 Å². The largest absolute Gasteiger partial charge is 0.493 e. The molecule has 0 aliphatic rings. The number of amides is 1. The minimum atomic E-state index is -0.0639. The number of hydrogen-bond donors (Lipinski definition) is 1. The van der Waals surface area contributed by atoms with E-state index in [1.54, 1.807) is 11.3 Å². The zero-order valence-corrected chi connectivity index (χ0v) is 26.4. The maximum atomic E-state index is 13.2. The molecule has 0 saturated heterocycles. The van der Waals surface area contributed by atoms with Crippen molar-refractivity contribution < 1.29 is 14.1 Å². The molecule has 4 nitrogen and oxygen atoms in total. The number of aryl methyl sites for hydroxylation is 1. The molecule has 0 atom stereocenters. The number of ether oxygens (including phenoxy) is 1.